The molecule has 0 aliphatic carbocycles. The summed E-state index contributed by atoms with van der Waals surface area (Å²) >= 11 is 2.91. The van der Waals surface area contributed by atoms with E-state index >= 15 is 0 Å². The Morgan fingerprint density at radius 1 is 1.47 bits per heavy atom. The molecule has 0 N–H and O–H groups in total. The maximum Gasteiger partial charge on any atom is 0.573 e. The zero-order valence-corrected chi connectivity index (χ0v) is 10.0. The Bertz CT molecular complexity index is 505. The molecule has 1 aromatic carbocycles. The smallest absolute Gasteiger partial charge is 0.406 e. The van der Waals surface area contributed by atoms with E-state index in [1.54, 1.807) is 6.07 Å². The van der Waals surface area contributed by atoms with Crippen LogP contribution in [0.2, 0.25) is 0 Å². The number of rotatable bonds is 2. The molecular weight excluding hydrogens is 303 g/mol. The normalized spacial score (nSPS) is 10.8. The van der Waals surface area contributed by atoms with Gasteiger partial charge in [0.15, 0.2) is 5.78 Å². The molecule has 17 heavy (non-hydrogen) atoms. The van der Waals surface area contributed by atoms with Gasteiger partial charge in [0.2, 0.25) is 0 Å². The molecule has 0 spiro atoms. The van der Waals surface area contributed by atoms with E-state index < -0.39 is 17.9 Å². The number of ketones is 1. The SMILES string of the molecule is CC(=O)c1cc(OC(F)(F)F)cc(Br)c1C#N. The topological polar surface area (TPSA) is 50.1 Å². The van der Waals surface area contributed by atoms with Crippen LogP contribution in [-0.2, 0) is 0 Å². The third kappa shape index (κ3) is 3.46. The van der Waals surface area contributed by atoms with Crippen molar-refractivity contribution in [3.05, 3.63) is 27.7 Å². The van der Waals surface area contributed by atoms with Gasteiger partial charge in [-0.1, -0.05) is 0 Å². The second-order valence-electron chi connectivity index (χ2n) is 3.04. The first-order chi connectivity index (χ1) is 7.74. The maximum atomic E-state index is 12.0. The van der Waals surface area contributed by atoms with E-state index in [1.165, 1.54) is 0 Å². The van der Waals surface area contributed by atoms with E-state index in [0.29, 0.717) is 0 Å². The van der Waals surface area contributed by atoms with Crippen LogP contribution in [0.25, 0.3) is 0 Å². The summed E-state index contributed by atoms with van der Waals surface area (Å²) in [6.07, 6.45) is -4.85. The highest BCUT2D eigenvalue weighted by molar-refractivity contribution is 9.10. The number of benzene rings is 1. The summed E-state index contributed by atoms with van der Waals surface area (Å²) in [5, 5.41) is 8.78. The number of halogens is 4. The summed E-state index contributed by atoms with van der Waals surface area (Å²) in [5.74, 6) is -1.07. The molecule has 0 aromatic heterocycles. The molecule has 0 aliphatic rings. The van der Waals surface area contributed by atoms with Gasteiger partial charge in [0.25, 0.3) is 0 Å². The Kier molecular flexibility index (Phi) is 3.78. The van der Waals surface area contributed by atoms with Crippen molar-refractivity contribution in [3.63, 3.8) is 0 Å². The Morgan fingerprint density at radius 2 is 2.06 bits per heavy atom. The highest BCUT2D eigenvalue weighted by Crippen LogP contribution is 2.30. The number of hydrogen-bond donors (Lipinski definition) is 0. The van der Waals surface area contributed by atoms with Crippen LogP contribution >= 0.6 is 15.9 Å². The van der Waals surface area contributed by atoms with E-state index in [2.05, 4.69) is 20.7 Å². The van der Waals surface area contributed by atoms with E-state index in [-0.39, 0.29) is 15.6 Å². The summed E-state index contributed by atoms with van der Waals surface area (Å²) in [7, 11) is 0. The van der Waals surface area contributed by atoms with Crippen molar-refractivity contribution in [2.75, 3.05) is 0 Å². The van der Waals surface area contributed by atoms with E-state index in [1.807, 2.05) is 0 Å². The van der Waals surface area contributed by atoms with Crippen molar-refractivity contribution in [2.24, 2.45) is 0 Å². The number of nitrogens with zero attached hydrogens (tertiary/aromatic N) is 1. The lowest BCUT2D eigenvalue weighted by Gasteiger charge is -2.11. The lowest BCUT2D eigenvalue weighted by molar-refractivity contribution is -0.274. The molecule has 1 aromatic rings. The standard InChI is InChI=1S/C10H5BrF3NO2/c1-5(16)7-2-6(17-10(12,13)14)3-9(11)8(7)4-15/h2-3H,1H3. The highest BCUT2D eigenvalue weighted by Gasteiger charge is 2.31. The summed E-state index contributed by atoms with van der Waals surface area (Å²) in [6.45, 7) is 1.15. The fraction of sp³-hybridized carbons (Fsp3) is 0.200. The molecule has 0 fully saturated rings. The van der Waals surface area contributed by atoms with Gasteiger partial charge in [0.1, 0.15) is 11.8 Å². The van der Waals surface area contributed by atoms with Gasteiger partial charge in [0.05, 0.1) is 5.56 Å². The van der Waals surface area contributed by atoms with Crippen LogP contribution in [0.1, 0.15) is 22.8 Å². The first-order valence-corrected chi connectivity index (χ1v) is 5.04. The summed E-state index contributed by atoms with van der Waals surface area (Å²) < 4.78 is 39.8. The van der Waals surface area contributed by atoms with E-state index in [4.69, 9.17) is 5.26 Å². The summed E-state index contributed by atoms with van der Waals surface area (Å²) in [4.78, 5) is 11.2. The van der Waals surface area contributed by atoms with Crippen LogP contribution < -0.4 is 4.74 Å². The lowest BCUT2D eigenvalue weighted by atomic mass is 10.1. The number of carbonyl (C=O) groups is 1. The third-order valence-electron chi connectivity index (χ3n) is 1.79. The zero-order valence-electron chi connectivity index (χ0n) is 8.43. The molecule has 0 saturated heterocycles. The molecule has 0 unspecified atom stereocenters. The fourth-order valence-corrected chi connectivity index (χ4v) is 1.69. The van der Waals surface area contributed by atoms with Crippen LogP contribution in [0, 0.1) is 11.3 Å². The minimum atomic E-state index is -4.85. The van der Waals surface area contributed by atoms with E-state index in [0.717, 1.165) is 19.1 Å². The molecule has 0 aliphatic heterocycles. The van der Waals surface area contributed by atoms with Gasteiger partial charge in [-0.3, -0.25) is 4.79 Å². The number of Topliss-reactive ketones (excluding diaryl/α,β-unsaturated/α-hetero) is 1. The number of hydrogen-bond acceptors (Lipinski definition) is 3. The van der Waals surface area contributed by atoms with Crippen LogP contribution in [0.4, 0.5) is 13.2 Å². The van der Waals surface area contributed by atoms with Crippen molar-refractivity contribution in [1.82, 2.24) is 0 Å². The number of alkyl halides is 3. The second kappa shape index (κ2) is 4.75. The summed E-state index contributed by atoms with van der Waals surface area (Å²) in [5.41, 5.74) is -0.145. The number of ether oxygens (including phenoxy) is 1. The average molecular weight is 308 g/mol. The van der Waals surface area contributed by atoms with Gasteiger partial charge in [-0.2, -0.15) is 5.26 Å². The van der Waals surface area contributed by atoms with Gasteiger partial charge in [-0.05, 0) is 35.0 Å². The van der Waals surface area contributed by atoms with Crippen molar-refractivity contribution >= 4 is 21.7 Å². The molecule has 0 amide bonds. The van der Waals surface area contributed by atoms with Gasteiger partial charge in [-0.25, -0.2) is 0 Å². The first-order valence-electron chi connectivity index (χ1n) is 4.25. The van der Waals surface area contributed by atoms with Gasteiger partial charge < -0.3 is 4.74 Å². The highest BCUT2D eigenvalue weighted by atomic mass is 79.9. The Hall–Kier alpha value is -1.55. The van der Waals surface area contributed by atoms with Crippen LogP contribution in [0.15, 0.2) is 16.6 Å². The van der Waals surface area contributed by atoms with Crippen LogP contribution in [-0.4, -0.2) is 12.1 Å². The van der Waals surface area contributed by atoms with Crippen molar-refractivity contribution in [2.45, 2.75) is 13.3 Å². The molecule has 1 rings (SSSR count). The molecular formula is C10H5BrF3NO2. The minimum Gasteiger partial charge on any atom is -0.406 e. The summed E-state index contributed by atoms with van der Waals surface area (Å²) in [6, 6.07) is 3.60. The Balaban J connectivity index is 3.31. The maximum absolute atomic E-state index is 12.0. The molecule has 0 heterocycles. The predicted octanol–water partition coefficient (Wildman–Crippen LogP) is 3.42. The molecule has 0 radical (unpaired) electrons. The molecule has 3 nitrogen and oxygen atoms in total. The second-order valence-corrected chi connectivity index (χ2v) is 3.90. The molecule has 0 saturated carbocycles. The van der Waals surface area contributed by atoms with Crippen LogP contribution in [0.5, 0.6) is 5.75 Å². The fourth-order valence-electron chi connectivity index (χ4n) is 1.17. The molecule has 7 heteroatoms. The van der Waals surface area contributed by atoms with Gasteiger partial charge in [-0.15, -0.1) is 13.2 Å². The van der Waals surface area contributed by atoms with Crippen LogP contribution in [0.3, 0.4) is 0 Å². The predicted molar refractivity (Wildman–Crippen MR) is 55.5 cm³/mol. The quantitative estimate of drug-likeness (QED) is 0.787. The molecule has 0 bridgehead atoms. The lowest BCUT2D eigenvalue weighted by Crippen LogP contribution is -2.17. The first kappa shape index (κ1) is 13.5. The zero-order chi connectivity index (χ0) is 13.2. The van der Waals surface area contributed by atoms with Gasteiger partial charge >= 0.3 is 6.36 Å². The van der Waals surface area contributed by atoms with Crippen molar-refractivity contribution < 1.29 is 22.7 Å². The van der Waals surface area contributed by atoms with Gasteiger partial charge in [0, 0.05) is 10.0 Å². The Labute approximate surface area is 103 Å². The molecule has 90 valence electrons. The largest absolute Gasteiger partial charge is 0.573 e. The van der Waals surface area contributed by atoms with E-state index in [9.17, 15) is 18.0 Å². The number of nitriles is 1. The third-order valence-corrected chi connectivity index (χ3v) is 2.41. The Morgan fingerprint density at radius 3 is 2.47 bits per heavy atom. The van der Waals surface area contributed by atoms with Crippen molar-refractivity contribution in [3.8, 4) is 11.8 Å². The monoisotopic (exact) mass is 307 g/mol. The minimum absolute atomic E-state index is 0.0213. The average Bonchev–Trinajstić information content (AvgIpc) is 2.13. The number of carbonyl (C=O) groups excluding carboxylic acids is 1. The molecule has 0 atom stereocenters. The van der Waals surface area contributed by atoms with Crippen molar-refractivity contribution in [1.29, 1.82) is 5.26 Å².